The molecule has 1 aromatic heterocycles. The van der Waals surface area contributed by atoms with Crippen LogP contribution in [-0.2, 0) is 0 Å². The van der Waals surface area contributed by atoms with Crippen molar-refractivity contribution in [3.8, 4) is 5.75 Å². The summed E-state index contributed by atoms with van der Waals surface area (Å²) in [4.78, 5) is 12.3. The number of hydrogen-bond donors (Lipinski definition) is 2. The number of amides is 1. The summed E-state index contributed by atoms with van der Waals surface area (Å²) in [6, 6.07) is 6.90. The van der Waals surface area contributed by atoms with E-state index < -0.39 is 0 Å². The molecule has 1 aromatic carbocycles. The lowest BCUT2D eigenvalue weighted by atomic mass is 10.2. The van der Waals surface area contributed by atoms with E-state index in [2.05, 4.69) is 58.3 Å². The molecule has 0 atom stereocenters. The molecule has 2 N–H and O–H groups in total. The second-order valence-corrected chi connectivity index (χ2v) is 7.86. The molecule has 4 nitrogen and oxygen atoms in total. The lowest BCUT2D eigenvalue weighted by Gasteiger charge is -2.02. The Balaban J connectivity index is 2.09. The number of nitrogens with one attached hydrogen (secondary N) is 1. The number of rotatable bonds is 3. The maximum atomic E-state index is 11.8. The number of phenols is 1. The molecular weight excluding hydrogens is 476 g/mol. The van der Waals surface area contributed by atoms with Crippen LogP contribution >= 0.6 is 59.1 Å². The number of thiophene rings is 1. The molecule has 20 heavy (non-hydrogen) atoms. The van der Waals surface area contributed by atoms with Gasteiger partial charge in [0.05, 0.1) is 19.4 Å². The average Bonchev–Trinajstić information content (AvgIpc) is 2.81. The Hall–Kier alpha value is -0.700. The first-order valence-electron chi connectivity index (χ1n) is 5.24. The second-order valence-electron chi connectivity index (χ2n) is 3.63. The van der Waals surface area contributed by atoms with E-state index in [-0.39, 0.29) is 11.7 Å². The van der Waals surface area contributed by atoms with Crippen LogP contribution in [0.3, 0.4) is 0 Å². The van der Waals surface area contributed by atoms with Crippen LogP contribution in [0.25, 0.3) is 0 Å². The molecule has 0 bridgehead atoms. The summed E-state index contributed by atoms with van der Waals surface area (Å²) >= 11 is 11.1. The van der Waals surface area contributed by atoms with Crippen molar-refractivity contribution in [3.63, 3.8) is 0 Å². The molecule has 0 aliphatic heterocycles. The van der Waals surface area contributed by atoms with Gasteiger partial charge in [0.2, 0.25) is 0 Å². The van der Waals surface area contributed by atoms with E-state index >= 15 is 0 Å². The molecule has 1 amide bonds. The highest BCUT2D eigenvalue weighted by Gasteiger charge is 2.08. The van der Waals surface area contributed by atoms with Crippen molar-refractivity contribution in [1.82, 2.24) is 5.43 Å². The van der Waals surface area contributed by atoms with Crippen LogP contribution < -0.4 is 5.43 Å². The zero-order valence-electron chi connectivity index (χ0n) is 9.73. The number of aromatic hydroxyl groups is 1. The SMILES string of the molecule is O=C(N/N=C/c1cc(Br)cc(Br)c1O)c1ccc(Br)s1. The molecule has 1 heterocycles. The maximum Gasteiger partial charge on any atom is 0.281 e. The number of hydrazone groups is 1. The van der Waals surface area contributed by atoms with E-state index in [1.165, 1.54) is 17.6 Å². The van der Waals surface area contributed by atoms with Crippen LogP contribution in [0.4, 0.5) is 0 Å². The third kappa shape index (κ3) is 3.91. The predicted octanol–water partition coefficient (Wildman–Crippen LogP) is 4.51. The number of nitrogens with zero attached hydrogens (tertiary/aromatic N) is 1. The Bertz CT molecular complexity index is 685. The number of carbonyl (C=O) groups is 1. The fourth-order valence-electron chi connectivity index (χ4n) is 1.34. The van der Waals surface area contributed by atoms with Crippen LogP contribution in [0.2, 0.25) is 0 Å². The highest BCUT2D eigenvalue weighted by atomic mass is 79.9. The second kappa shape index (κ2) is 6.84. The van der Waals surface area contributed by atoms with Gasteiger partial charge >= 0.3 is 0 Å². The van der Waals surface area contributed by atoms with Crippen LogP contribution in [0, 0.1) is 0 Å². The molecule has 0 saturated heterocycles. The number of phenolic OH excluding ortho intramolecular Hbond substituents is 1. The van der Waals surface area contributed by atoms with Gasteiger partial charge in [0, 0.05) is 10.0 Å². The third-order valence-electron chi connectivity index (χ3n) is 2.22. The summed E-state index contributed by atoms with van der Waals surface area (Å²) in [6.07, 6.45) is 1.38. The van der Waals surface area contributed by atoms with Crippen LogP contribution in [-0.4, -0.2) is 17.2 Å². The molecule has 0 saturated carbocycles. The number of halogens is 3. The molecule has 0 aliphatic carbocycles. The summed E-state index contributed by atoms with van der Waals surface area (Å²) in [6.45, 7) is 0. The van der Waals surface area contributed by atoms with Crippen molar-refractivity contribution in [2.75, 3.05) is 0 Å². The third-order valence-corrected chi connectivity index (χ3v) is 4.91. The Labute approximate surface area is 144 Å². The van der Waals surface area contributed by atoms with E-state index in [9.17, 15) is 9.90 Å². The van der Waals surface area contributed by atoms with Crippen LogP contribution in [0.5, 0.6) is 5.75 Å². The smallest absolute Gasteiger partial charge is 0.281 e. The Kier molecular flexibility index (Phi) is 5.36. The number of benzene rings is 1. The first-order valence-corrected chi connectivity index (χ1v) is 8.43. The van der Waals surface area contributed by atoms with Gasteiger partial charge in [-0.05, 0) is 56.1 Å². The van der Waals surface area contributed by atoms with Gasteiger partial charge in [0.15, 0.2) is 0 Å². The van der Waals surface area contributed by atoms with Crippen molar-refractivity contribution in [3.05, 3.63) is 47.4 Å². The zero-order valence-corrected chi connectivity index (χ0v) is 15.3. The molecule has 104 valence electrons. The minimum absolute atomic E-state index is 0.0602. The molecule has 0 spiro atoms. The molecular formula is C12H7Br3N2O2S. The van der Waals surface area contributed by atoms with Crippen molar-refractivity contribution >= 4 is 71.2 Å². The van der Waals surface area contributed by atoms with Gasteiger partial charge in [-0.2, -0.15) is 5.10 Å². The molecule has 0 aliphatic rings. The monoisotopic (exact) mass is 480 g/mol. The lowest BCUT2D eigenvalue weighted by Crippen LogP contribution is -2.16. The van der Waals surface area contributed by atoms with Gasteiger partial charge in [0.1, 0.15) is 5.75 Å². The summed E-state index contributed by atoms with van der Waals surface area (Å²) in [5, 5.41) is 13.7. The minimum Gasteiger partial charge on any atom is -0.506 e. The van der Waals surface area contributed by atoms with Crippen molar-refractivity contribution in [1.29, 1.82) is 0 Å². The summed E-state index contributed by atoms with van der Waals surface area (Å²) in [5.74, 6) is -0.240. The standard InChI is InChI=1S/C12H7Br3N2O2S/c13-7-3-6(11(18)8(14)4-7)5-16-17-12(19)9-1-2-10(15)20-9/h1-5,18H,(H,17,19)/b16-5+. The van der Waals surface area contributed by atoms with E-state index in [0.717, 1.165) is 8.26 Å². The van der Waals surface area contributed by atoms with Gasteiger partial charge in [-0.1, -0.05) is 15.9 Å². The van der Waals surface area contributed by atoms with Crippen LogP contribution in [0.1, 0.15) is 15.2 Å². The zero-order chi connectivity index (χ0) is 14.7. The van der Waals surface area contributed by atoms with Gasteiger partial charge in [-0.25, -0.2) is 5.43 Å². The Morgan fingerprint density at radius 3 is 2.70 bits per heavy atom. The first kappa shape index (κ1) is 15.7. The number of hydrogen-bond acceptors (Lipinski definition) is 4. The normalized spacial score (nSPS) is 10.9. The number of carbonyl (C=O) groups excluding carboxylic acids is 1. The van der Waals surface area contributed by atoms with Crippen molar-refractivity contribution in [2.45, 2.75) is 0 Å². The van der Waals surface area contributed by atoms with Gasteiger partial charge in [-0.3, -0.25) is 4.79 Å². The predicted molar refractivity (Wildman–Crippen MR) is 90.6 cm³/mol. The molecule has 8 heteroatoms. The first-order chi connectivity index (χ1) is 9.47. The fourth-order valence-corrected chi connectivity index (χ4v) is 3.87. The minimum atomic E-state index is -0.300. The van der Waals surface area contributed by atoms with Crippen molar-refractivity contribution < 1.29 is 9.90 Å². The molecule has 2 aromatic rings. The maximum absolute atomic E-state index is 11.8. The van der Waals surface area contributed by atoms with E-state index in [4.69, 9.17) is 0 Å². The summed E-state index contributed by atoms with van der Waals surface area (Å²) in [5.41, 5.74) is 2.89. The highest BCUT2D eigenvalue weighted by Crippen LogP contribution is 2.30. The Morgan fingerprint density at radius 2 is 2.05 bits per heavy atom. The van der Waals surface area contributed by atoms with E-state index in [1.54, 1.807) is 24.3 Å². The lowest BCUT2D eigenvalue weighted by molar-refractivity contribution is 0.0959. The van der Waals surface area contributed by atoms with E-state index in [0.29, 0.717) is 14.9 Å². The van der Waals surface area contributed by atoms with Gasteiger partial charge in [-0.15, -0.1) is 11.3 Å². The van der Waals surface area contributed by atoms with E-state index in [1.807, 2.05) is 0 Å². The van der Waals surface area contributed by atoms with Gasteiger partial charge < -0.3 is 5.11 Å². The molecule has 0 unspecified atom stereocenters. The quantitative estimate of drug-likeness (QED) is 0.499. The molecule has 0 radical (unpaired) electrons. The summed E-state index contributed by atoms with van der Waals surface area (Å²) in [7, 11) is 0. The van der Waals surface area contributed by atoms with Crippen LogP contribution in [0.15, 0.2) is 42.1 Å². The largest absolute Gasteiger partial charge is 0.506 e. The average molecular weight is 483 g/mol. The summed E-state index contributed by atoms with van der Waals surface area (Å²) < 4.78 is 2.21. The highest BCUT2D eigenvalue weighted by molar-refractivity contribution is 9.11. The molecule has 2 rings (SSSR count). The Morgan fingerprint density at radius 1 is 1.30 bits per heavy atom. The van der Waals surface area contributed by atoms with Crippen molar-refractivity contribution in [2.24, 2.45) is 5.10 Å². The molecule has 0 fully saturated rings. The van der Waals surface area contributed by atoms with Gasteiger partial charge in [0.25, 0.3) is 5.91 Å². The topological polar surface area (TPSA) is 61.7 Å². The fraction of sp³-hybridized carbons (Fsp3) is 0.